The molecule has 1 unspecified atom stereocenters. The first-order valence-corrected chi connectivity index (χ1v) is 7.64. The van der Waals surface area contributed by atoms with Crippen LogP contribution >= 0.6 is 39.1 Å². The third kappa shape index (κ3) is 3.95. The average molecular weight is 377 g/mol. The summed E-state index contributed by atoms with van der Waals surface area (Å²) in [5.74, 6) is -0.275. The maximum Gasteiger partial charge on any atom is 0.124 e. The van der Waals surface area contributed by atoms with E-state index in [1.165, 1.54) is 12.1 Å². The zero-order valence-electron chi connectivity index (χ0n) is 10.5. The fourth-order valence-electron chi connectivity index (χ4n) is 2.03. The van der Waals surface area contributed by atoms with Gasteiger partial charge in [-0.3, -0.25) is 0 Å². The van der Waals surface area contributed by atoms with Gasteiger partial charge in [0.1, 0.15) is 5.82 Å². The highest BCUT2D eigenvalue weighted by Gasteiger charge is 2.13. The Morgan fingerprint density at radius 2 is 1.75 bits per heavy atom. The van der Waals surface area contributed by atoms with E-state index in [2.05, 4.69) is 15.9 Å². The van der Waals surface area contributed by atoms with Gasteiger partial charge in [-0.25, -0.2) is 4.39 Å². The van der Waals surface area contributed by atoms with Gasteiger partial charge in [-0.15, -0.1) is 0 Å². The van der Waals surface area contributed by atoms with Crippen LogP contribution in [0.5, 0.6) is 0 Å². The normalized spacial score (nSPS) is 12.4. The van der Waals surface area contributed by atoms with E-state index in [1.54, 1.807) is 24.3 Å². The summed E-state index contributed by atoms with van der Waals surface area (Å²) >= 11 is 15.6. The minimum absolute atomic E-state index is 0.144. The monoisotopic (exact) mass is 375 g/mol. The number of hydrogen-bond donors (Lipinski definition) is 1. The minimum Gasteiger partial charge on any atom is -0.327 e. The summed E-state index contributed by atoms with van der Waals surface area (Å²) in [7, 11) is 0. The van der Waals surface area contributed by atoms with E-state index >= 15 is 0 Å². The third-order valence-corrected chi connectivity index (χ3v) is 4.47. The lowest BCUT2D eigenvalue weighted by atomic mass is 9.99. The van der Waals surface area contributed by atoms with Crippen molar-refractivity contribution in [3.05, 3.63) is 67.9 Å². The Morgan fingerprint density at radius 1 is 1.10 bits per heavy atom. The second kappa shape index (κ2) is 6.90. The van der Waals surface area contributed by atoms with Crippen molar-refractivity contribution in [3.8, 4) is 0 Å². The lowest BCUT2D eigenvalue weighted by Gasteiger charge is -2.15. The molecule has 0 saturated heterocycles. The molecule has 0 radical (unpaired) electrons. The van der Waals surface area contributed by atoms with Gasteiger partial charge in [-0.05, 0) is 48.2 Å². The van der Waals surface area contributed by atoms with Crippen LogP contribution < -0.4 is 5.73 Å². The van der Waals surface area contributed by atoms with E-state index in [1.807, 2.05) is 0 Å². The van der Waals surface area contributed by atoms with Gasteiger partial charge in [0.2, 0.25) is 0 Å². The first kappa shape index (κ1) is 15.8. The number of nitrogens with two attached hydrogens (primary N) is 1. The van der Waals surface area contributed by atoms with Crippen LogP contribution in [0, 0.1) is 5.82 Å². The molecule has 0 aliphatic rings. The molecule has 2 aromatic carbocycles. The quantitative estimate of drug-likeness (QED) is 0.797. The zero-order chi connectivity index (χ0) is 14.7. The van der Waals surface area contributed by atoms with Crippen LogP contribution in [-0.4, -0.2) is 6.04 Å². The molecule has 0 amide bonds. The molecule has 0 aromatic heterocycles. The molecule has 0 aliphatic heterocycles. The van der Waals surface area contributed by atoms with Crippen molar-refractivity contribution in [3.63, 3.8) is 0 Å². The highest BCUT2D eigenvalue weighted by atomic mass is 79.9. The fraction of sp³-hybridized carbons (Fsp3) is 0.200. The zero-order valence-corrected chi connectivity index (χ0v) is 13.6. The lowest BCUT2D eigenvalue weighted by Crippen LogP contribution is -2.26. The van der Waals surface area contributed by atoms with Crippen molar-refractivity contribution in [2.75, 3.05) is 0 Å². The second-order valence-electron chi connectivity index (χ2n) is 4.60. The summed E-state index contributed by atoms with van der Waals surface area (Å²) in [5.41, 5.74) is 7.96. The van der Waals surface area contributed by atoms with Crippen LogP contribution in [0.3, 0.4) is 0 Å². The maximum absolute atomic E-state index is 13.0. The summed E-state index contributed by atoms with van der Waals surface area (Å²) in [4.78, 5) is 0. The smallest absolute Gasteiger partial charge is 0.124 e. The summed E-state index contributed by atoms with van der Waals surface area (Å²) in [6, 6.07) is 9.84. The van der Waals surface area contributed by atoms with Crippen molar-refractivity contribution in [2.24, 2.45) is 5.73 Å². The van der Waals surface area contributed by atoms with E-state index in [0.29, 0.717) is 22.9 Å². The summed E-state index contributed by atoms with van der Waals surface area (Å²) in [6.07, 6.45) is 1.19. The summed E-state index contributed by atoms with van der Waals surface area (Å²) in [6.45, 7) is 0. The molecule has 5 heteroatoms. The minimum atomic E-state index is -0.275. The molecule has 20 heavy (non-hydrogen) atoms. The van der Waals surface area contributed by atoms with E-state index < -0.39 is 0 Å². The van der Waals surface area contributed by atoms with Crippen LogP contribution in [-0.2, 0) is 12.8 Å². The van der Waals surface area contributed by atoms with Crippen molar-refractivity contribution < 1.29 is 4.39 Å². The number of hydrogen-bond acceptors (Lipinski definition) is 1. The fourth-order valence-corrected chi connectivity index (χ4v) is 3.10. The Bertz CT molecular complexity index is 599. The van der Waals surface area contributed by atoms with Gasteiger partial charge in [-0.2, -0.15) is 0 Å². The Balaban J connectivity index is 2.11. The Labute approximate surface area is 136 Å². The molecule has 0 aliphatic carbocycles. The number of benzene rings is 2. The molecular weight excluding hydrogens is 364 g/mol. The van der Waals surface area contributed by atoms with Crippen LogP contribution in [0.4, 0.5) is 4.39 Å². The second-order valence-corrected chi connectivity index (χ2v) is 6.27. The highest BCUT2D eigenvalue weighted by molar-refractivity contribution is 9.10. The van der Waals surface area contributed by atoms with Gasteiger partial charge in [0, 0.05) is 20.6 Å². The molecule has 0 fully saturated rings. The van der Waals surface area contributed by atoms with E-state index in [9.17, 15) is 4.39 Å². The van der Waals surface area contributed by atoms with Crippen molar-refractivity contribution in [1.82, 2.24) is 0 Å². The largest absolute Gasteiger partial charge is 0.327 e. The van der Waals surface area contributed by atoms with Gasteiger partial charge in [0.25, 0.3) is 0 Å². The molecule has 2 N–H and O–H groups in total. The van der Waals surface area contributed by atoms with E-state index in [0.717, 1.165) is 15.6 Å². The molecule has 0 bridgehead atoms. The lowest BCUT2D eigenvalue weighted by molar-refractivity contribution is 0.622. The molecule has 106 valence electrons. The van der Waals surface area contributed by atoms with E-state index in [4.69, 9.17) is 28.9 Å². The maximum atomic E-state index is 13.0. The topological polar surface area (TPSA) is 26.0 Å². The van der Waals surface area contributed by atoms with Crippen LogP contribution in [0.25, 0.3) is 0 Å². The van der Waals surface area contributed by atoms with Crippen molar-refractivity contribution >= 4 is 39.1 Å². The first-order chi connectivity index (χ1) is 9.47. The predicted molar refractivity (Wildman–Crippen MR) is 85.9 cm³/mol. The van der Waals surface area contributed by atoms with Crippen molar-refractivity contribution in [2.45, 2.75) is 18.9 Å². The molecule has 0 saturated carbocycles. The molecule has 0 heterocycles. The SMILES string of the molecule is NC(Cc1ccc(F)cc1Br)Cc1c(Cl)cccc1Cl. The third-order valence-electron chi connectivity index (χ3n) is 3.03. The van der Waals surface area contributed by atoms with Crippen LogP contribution in [0.15, 0.2) is 40.9 Å². The first-order valence-electron chi connectivity index (χ1n) is 6.09. The average Bonchev–Trinajstić information content (AvgIpc) is 2.37. The van der Waals surface area contributed by atoms with Gasteiger partial charge < -0.3 is 5.73 Å². The predicted octanol–water partition coefficient (Wildman–Crippen LogP) is 5.01. The molecule has 2 aromatic rings. The van der Waals surface area contributed by atoms with Gasteiger partial charge in [-0.1, -0.05) is 51.3 Å². The molecule has 1 atom stereocenters. The van der Waals surface area contributed by atoms with Crippen LogP contribution in [0.2, 0.25) is 10.0 Å². The Hall–Kier alpha value is -0.610. The van der Waals surface area contributed by atoms with Gasteiger partial charge >= 0.3 is 0 Å². The molecular formula is C15H13BrCl2FN. The summed E-state index contributed by atoms with van der Waals surface area (Å²) in [5, 5.41) is 1.23. The van der Waals surface area contributed by atoms with Crippen LogP contribution in [0.1, 0.15) is 11.1 Å². The van der Waals surface area contributed by atoms with Crippen molar-refractivity contribution in [1.29, 1.82) is 0 Å². The van der Waals surface area contributed by atoms with E-state index in [-0.39, 0.29) is 11.9 Å². The Kier molecular flexibility index (Phi) is 5.44. The van der Waals surface area contributed by atoms with Gasteiger partial charge in [0.05, 0.1) is 0 Å². The molecule has 1 nitrogen and oxygen atoms in total. The summed E-state index contributed by atoms with van der Waals surface area (Å²) < 4.78 is 13.8. The number of halogens is 4. The standard InChI is InChI=1S/C15H13BrCl2FN/c16-13-7-10(19)5-4-9(13)6-11(20)8-12-14(17)2-1-3-15(12)18/h1-5,7,11H,6,8,20H2. The highest BCUT2D eigenvalue weighted by Crippen LogP contribution is 2.26. The van der Waals surface area contributed by atoms with Gasteiger partial charge in [0.15, 0.2) is 0 Å². The molecule has 0 spiro atoms. The Morgan fingerprint density at radius 3 is 2.35 bits per heavy atom. The number of rotatable bonds is 4. The molecule has 2 rings (SSSR count).